The van der Waals surface area contributed by atoms with Crippen LogP contribution < -0.4 is 0 Å². The van der Waals surface area contributed by atoms with Crippen LogP contribution in [0.4, 0.5) is 0 Å². The van der Waals surface area contributed by atoms with Crippen LogP contribution in [0.25, 0.3) is 10.8 Å². The Morgan fingerprint density at radius 1 is 0.658 bits per heavy atom. The number of benzene rings is 4. The molecule has 2 heteroatoms. The smallest absolute Gasteiger partial charge is 0.0788 e. The van der Waals surface area contributed by atoms with E-state index in [0.29, 0.717) is 6.42 Å². The van der Waals surface area contributed by atoms with Crippen molar-refractivity contribution in [3.05, 3.63) is 143 Å². The van der Waals surface area contributed by atoms with Crippen LogP contribution in [0, 0.1) is 24.2 Å². The molecule has 0 heterocycles. The third-order valence-corrected chi connectivity index (χ3v) is 5.96. The van der Waals surface area contributed by atoms with Crippen LogP contribution in [-0.2, 0) is 35.2 Å². The highest BCUT2D eigenvalue weighted by atomic mass is 16.5. The summed E-state index contributed by atoms with van der Waals surface area (Å²) in [7, 11) is 3.31. The second-order valence-electron chi connectivity index (χ2n) is 8.54. The molecule has 0 aliphatic carbocycles. The molecule has 4 rings (SSSR count). The summed E-state index contributed by atoms with van der Waals surface area (Å²) in [6.07, 6.45) is 16.1. The van der Waals surface area contributed by atoms with Crippen LogP contribution in [0.2, 0.25) is 0 Å². The van der Waals surface area contributed by atoms with E-state index in [4.69, 9.17) is 15.9 Å². The van der Waals surface area contributed by atoms with Crippen molar-refractivity contribution in [1.82, 2.24) is 0 Å². The number of terminal acetylenes is 1. The summed E-state index contributed by atoms with van der Waals surface area (Å²) in [6.45, 7) is 0. The fraction of sp³-hybridized carbons (Fsp3) is 0.167. The highest BCUT2D eigenvalue weighted by molar-refractivity contribution is 5.87. The molecular weight excluding hydrogens is 464 g/mol. The van der Waals surface area contributed by atoms with Gasteiger partial charge in [-0.3, -0.25) is 0 Å². The molecule has 4 aromatic carbocycles. The van der Waals surface area contributed by atoms with Crippen LogP contribution in [0.5, 0.6) is 0 Å². The number of allylic oxidation sites excluding steroid dienone is 2. The molecule has 0 saturated carbocycles. The van der Waals surface area contributed by atoms with Crippen molar-refractivity contribution in [1.29, 1.82) is 0 Å². The standard InChI is InChI=1S/C19H18O.C17H16O/c1-20-16-8-15-19-13-6-5-12-18(19)14-7-11-17-9-3-2-4-10-17;1-3-7-16-15(9-6-13-18-2)12-11-14-8-4-5-10-17(14)16/h2-6,8-10,12-13,16H,14-15H2,1H3;1,4-6,8,10-13H,7,9H2,2H3. The Balaban J connectivity index is 0.000000212. The first-order chi connectivity index (χ1) is 18.8. The largest absolute Gasteiger partial charge is 0.505 e. The summed E-state index contributed by atoms with van der Waals surface area (Å²) in [5.74, 6) is 9.19. The SMILES string of the molecule is C#CCc1c(CC=COC)ccc2ccccc12.COC=CCc1ccccc1CC#Cc1ccccc1. The van der Waals surface area contributed by atoms with Crippen LogP contribution >= 0.6 is 0 Å². The summed E-state index contributed by atoms with van der Waals surface area (Å²) >= 11 is 0. The Kier molecular flexibility index (Phi) is 11.9. The van der Waals surface area contributed by atoms with E-state index >= 15 is 0 Å². The van der Waals surface area contributed by atoms with E-state index in [1.807, 2.05) is 48.6 Å². The predicted octanol–water partition coefficient (Wildman–Crippen LogP) is 7.70. The van der Waals surface area contributed by atoms with Crippen molar-refractivity contribution in [2.75, 3.05) is 14.2 Å². The quantitative estimate of drug-likeness (QED) is 0.183. The van der Waals surface area contributed by atoms with E-state index in [1.54, 1.807) is 26.7 Å². The Bertz CT molecular complexity index is 1440. The average molecular weight is 499 g/mol. The third-order valence-electron chi connectivity index (χ3n) is 5.96. The van der Waals surface area contributed by atoms with Crippen molar-refractivity contribution in [3.8, 4) is 24.2 Å². The Morgan fingerprint density at radius 3 is 2.00 bits per heavy atom. The predicted molar refractivity (Wildman–Crippen MR) is 160 cm³/mol. The van der Waals surface area contributed by atoms with Gasteiger partial charge in [-0.2, -0.15) is 0 Å². The molecule has 0 atom stereocenters. The van der Waals surface area contributed by atoms with Gasteiger partial charge >= 0.3 is 0 Å². The lowest BCUT2D eigenvalue weighted by molar-refractivity contribution is 0.336. The Morgan fingerprint density at radius 2 is 1.29 bits per heavy atom. The molecule has 0 aromatic heterocycles. The van der Waals surface area contributed by atoms with Gasteiger partial charge < -0.3 is 9.47 Å². The highest BCUT2D eigenvalue weighted by Crippen LogP contribution is 2.23. The molecule has 0 amide bonds. The summed E-state index contributed by atoms with van der Waals surface area (Å²) in [5, 5.41) is 2.49. The van der Waals surface area contributed by atoms with Crippen molar-refractivity contribution in [3.63, 3.8) is 0 Å². The zero-order valence-corrected chi connectivity index (χ0v) is 22.2. The number of ether oxygens (including phenoxy) is 2. The molecule has 2 nitrogen and oxygen atoms in total. The van der Waals surface area contributed by atoms with E-state index in [2.05, 4.69) is 72.4 Å². The molecule has 0 spiro atoms. The second-order valence-corrected chi connectivity index (χ2v) is 8.54. The van der Waals surface area contributed by atoms with Crippen molar-refractivity contribution < 1.29 is 9.47 Å². The molecular formula is C36H34O2. The van der Waals surface area contributed by atoms with Crippen LogP contribution in [0.1, 0.15) is 27.8 Å². The average Bonchev–Trinajstić information content (AvgIpc) is 2.96. The molecule has 0 aliphatic rings. The van der Waals surface area contributed by atoms with Gasteiger partial charge in [0, 0.05) is 18.4 Å². The molecule has 38 heavy (non-hydrogen) atoms. The van der Waals surface area contributed by atoms with Crippen LogP contribution in [0.15, 0.2) is 116 Å². The van der Waals surface area contributed by atoms with Gasteiger partial charge in [0.2, 0.25) is 0 Å². The van der Waals surface area contributed by atoms with Gasteiger partial charge in [0.15, 0.2) is 0 Å². The van der Waals surface area contributed by atoms with Crippen molar-refractivity contribution >= 4 is 10.8 Å². The first kappa shape index (κ1) is 27.9. The second kappa shape index (κ2) is 16.2. The molecule has 0 saturated heterocycles. The lowest BCUT2D eigenvalue weighted by Crippen LogP contribution is -1.94. The number of hydrogen-bond acceptors (Lipinski definition) is 2. The first-order valence-electron chi connectivity index (χ1n) is 12.7. The maximum absolute atomic E-state index is 5.48. The van der Waals surface area contributed by atoms with E-state index in [1.165, 1.54) is 33.0 Å². The van der Waals surface area contributed by atoms with Crippen LogP contribution in [0.3, 0.4) is 0 Å². The first-order valence-corrected chi connectivity index (χ1v) is 12.7. The van der Waals surface area contributed by atoms with E-state index < -0.39 is 0 Å². The Labute approximate surface area is 227 Å². The maximum Gasteiger partial charge on any atom is 0.0788 e. The van der Waals surface area contributed by atoms with Crippen molar-refractivity contribution in [2.24, 2.45) is 0 Å². The molecule has 4 aromatic rings. The van der Waals surface area contributed by atoms with Gasteiger partial charge in [-0.05, 0) is 70.2 Å². The maximum atomic E-state index is 5.48. The summed E-state index contributed by atoms with van der Waals surface area (Å²) in [4.78, 5) is 0. The number of rotatable bonds is 8. The van der Waals surface area contributed by atoms with Gasteiger partial charge in [0.05, 0.1) is 26.7 Å². The summed E-state index contributed by atoms with van der Waals surface area (Å²) in [6, 6.07) is 31.1. The lowest BCUT2D eigenvalue weighted by Gasteiger charge is -2.09. The van der Waals surface area contributed by atoms with E-state index in [0.717, 1.165) is 24.8 Å². The van der Waals surface area contributed by atoms with E-state index in [9.17, 15) is 0 Å². The molecule has 0 fully saturated rings. The van der Waals surface area contributed by atoms with Crippen molar-refractivity contribution in [2.45, 2.75) is 25.7 Å². The zero-order valence-electron chi connectivity index (χ0n) is 22.2. The lowest BCUT2D eigenvalue weighted by atomic mass is 9.95. The fourth-order valence-corrected chi connectivity index (χ4v) is 4.12. The fourth-order valence-electron chi connectivity index (χ4n) is 4.12. The summed E-state index contributed by atoms with van der Waals surface area (Å²) < 4.78 is 9.86. The topological polar surface area (TPSA) is 18.5 Å². The minimum absolute atomic E-state index is 0.664. The van der Waals surface area contributed by atoms with Gasteiger partial charge in [0.1, 0.15) is 0 Å². The Hall–Kier alpha value is -4.66. The van der Waals surface area contributed by atoms with Gasteiger partial charge in [-0.15, -0.1) is 12.3 Å². The third kappa shape index (κ3) is 8.77. The molecule has 0 bridgehead atoms. The normalized spacial score (nSPS) is 10.3. The van der Waals surface area contributed by atoms with E-state index in [-0.39, 0.29) is 0 Å². The monoisotopic (exact) mass is 498 g/mol. The van der Waals surface area contributed by atoms with Gasteiger partial charge in [-0.1, -0.05) is 90.7 Å². The molecule has 0 aliphatic heterocycles. The number of methoxy groups -OCH3 is 2. The minimum atomic E-state index is 0.664. The number of fused-ring (bicyclic) bond motifs is 1. The van der Waals surface area contributed by atoms with Gasteiger partial charge in [0.25, 0.3) is 0 Å². The zero-order chi connectivity index (χ0) is 26.8. The minimum Gasteiger partial charge on any atom is -0.505 e. The summed E-state index contributed by atoms with van der Waals surface area (Å²) in [5.41, 5.74) is 6.14. The molecule has 190 valence electrons. The van der Waals surface area contributed by atoms with Crippen LogP contribution in [-0.4, -0.2) is 14.2 Å². The molecule has 0 N–H and O–H groups in total. The molecule has 0 radical (unpaired) electrons. The number of hydrogen-bond donors (Lipinski definition) is 0. The highest BCUT2D eigenvalue weighted by Gasteiger charge is 2.05. The molecule has 0 unspecified atom stereocenters. The van der Waals surface area contributed by atoms with Gasteiger partial charge in [-0.25, -0.2) is 0 Å².